The van der Waals surface area contributed by atoms with E-state index in [4.69, 9.17) is 0 Å². The van der Waals surface area contributed by atoms with Gasteiger partial charge >= 0.3 is 6.18 Å². The average molecular weight is 318 g/mol. The molecule has 23 heavy (non-hydrogen) atoms. The first-order chi connectivity index (χ1) is 10.9. The van der Waals surface area contributed by atoms with Gasteiger partial charge in [0.1, 0.15) is 6.54 Å². The van der Waals surface area contributed by atoms with Gasteiger partial charge in [-0.2, -0.15) is 13.2 Å². The number of hydrogen-bond acceptors (Lipinski definition) is 2. The van der Waals surface area contributed by atoms with E-state index in [0.717, 1.165) is 6.07 Å². The van der Waals surface area contributed by atoms with E-state index in [1.807, 2.05) is 0 Å². The van der Waals surface area contributed by atoms with Crippen molar-refractivity contribution in [3.63, 3.8) is 0 Å². The summed E-state index contributed by atoms with van der Waals surface area (Å²) in [5.74, 6) is -0.267. The summed E-state index contributed by atoms with van der Waals surface area (Å²) in [6.45, 7) is -0.188. The minimum atomic E-state index is -4.49. The van der Waals surface area contributed by atoms with Crippen LogP contribution in [-0.4, -0.2) is 25.2 Å². The summed E-state index contributed by atoms with van der Waals surface area (Å²) in [5, 5.41) is 0. The third-order valence-corrected chi connectivity index (χ3v) is 3.75. The highest BCUT2D eigenvalue weighted by molar-refractivity contribution is 6.20. The Morgan fingerprint density at radius 1 is 1.00 bits per heavy atom. The molecular weight excluding hydrogens is 305 g/mol. The first kappa shape index (κ1) is 15.3. The van der Waals surface area contributed by atoms with Gasteiger partial charge in [-0.1, -0.05) is 36.4 Å². The zero-order valence-electron chi connectivity index (χ0n) is 12.3. The van der Waals surface area contributed by atoms with E-state index in [1.54, 1.807) is 31.3 Å². The molecule has 3 rings (SSSR count). The number of alkyl halides is 3. The molecule has 0 fully saturated rings. The minimum absolute atomic E-state index is 0.0180. The van der Waals surface area contributed by atoms with Crippen LogP contribution in [-0.2, 0) is 11.0 Å². The van der Waals surface area contributed by atoms with Gasteiger partial charge in [-0.3, -0.25) is 9.79 Å². The number of benzodiazepines with no additional fused rings is 1. The molecule has 6 heteroatoms. The van der Waals surface area contributed by atoms with Gasteiger partial charge in [-0.25, -0.2) is 0 Å². The largest absolute Gasteiger partial charge is 0.417 e. The first-order valence-corrected chi connectivity index (χ1v) is 6.96. The average Bonchev–Trinajstić information content (AvgIpc) is 2.65. The number of carbonyl (C=O) groups excluding carboxylic acids is 1. The van der Waals surface area contributed by atoms with Gasteiger partial charge in [0.2, 0.25) is 5.91 Å². The van der Waals surface area contributed by atoms with Crippen LogP contribution in [0.25, 0.3) is 0 Å². The molecule has 1 amide bonds. The molecular formula is C17H13F3N2O. The number of anilines is 1. The highest BCUT2D eigenvalue weighted by Gasteiger charge is 2.35. The quantitative estimate of drug-likeness (QED) is 0.792. The Labute approximate surface area is 131 Å². The molecule has 0 saturated carbocycles. The molecule has 0 bridgehead atoms. The summed E-state index contributed by atoms with van der Waals surface area (Å²) in [5.41, 5.74) is 0.468. The fourth-order valence-electron chi connectivity index (χ4n) is 2.61. The van der Waals surface area contributed by atoms with Gasteiger partial charge in [0.25, 0.3) is 0 Å². The molecule has 0 atom stereocenters. The first-order valence-electron chi connectivity index (χ1n) is 6.96. The van der Waals surface area contributed by atoms with Gasteiger partial charge in [-0.05, 0) is 12.1 Å². The van der Waals surface area contributed by atoms with Crippen molar-refractivity contribution < 1.29 is 18.0 Å². The SMILES string of the molecule is CN1C(=O)CN=C(c2ccccc2C(F)(F)F)c2ccccc21. The third kappa shape index (κ3) is 2.72. The number of likely N-dealkylation sites (N-methyl/N-ethyl adjacent to an activating group) is 1. The molecule has 3 nitrogen and oxygen atoms in total. The van der Waals surface area contributed by atoms with Crippen molar-refractivity contribution in [2.75, 3.05) is 18.5 Å². The second-order valence-corrected chi connectivity index (χ2v) is 5.18. The minimum Gasteiger partial charge on any atom is -0.313 e. The Bertz CT molecular complexity index is 796. The maximum Gasteiger partial charge on any atom is 0.417 e. The second kappa shape index (κ2) is 5.53. The number of benzene rings is 2. The fourth-order valence-corrected chi connectivity index (χ4v) is 2.61. The number of nitrogens with zero attached hydrogens (tertiary/aromatic N) is 2. The summed E-state index contributed by atoms with van der Waals surface area (Å²) in [6, 6.07) is 12.1. The van der Waals surface area contributed by atoms with Crippen molar-refractivity contribution in [2.24, 2.45) is 4.99 Å². The van der Waals surface area contributed by atoms with E-state index < -0.39 is 11.7 Å². The summed E-state index contributed by atoms with van der Waals surface area (Å²) in [4.78, 5) is 17.6. The highest BCUT2D eigenvalue weighted by atomic mass is 19.4. The van der Waals surface area contributed by atoms with Crippen LogP contribution in [0.5, 0.6) is 0 Å². The van der Waals surface area contributed by atoms with Crippen molar-refractivity contribution in [3.05, 3.63) is 65.2 Å². The molecule has 0 saturated heterocycles. The lowest BCUT2D eigenvalue weighted by Gasteiger charge is -2.19. The van der Waals surface area contributed by atoms with E-state index >= 15 is 0 Å². The van der Waals surface area contributed by atoms with Gasteiger partial charge in [0.15, 0.2) is 0 Å². The molecule has 1 aliphatic heterocycles. The third-order valence-electron chi connectivity index (χ3n) is 3.75. The lowest BCUT2D eigenvalue weighted by molar-refractivity contribution is -0.137. The zero-order valence-corrected chi connectivity index (χ0v) is 12.3. The number of rotatable bonds is 1. The Morgan fingerprint density at radius 2 is 1.61 bits per heavy atom. The molecule has 0 aliphatic carbocycles. The highest BCUT2D eigenvalue weighted by Crippen LogP contribution is 2.35. The number of para-hydroxylation sites is 1. The number of hydrogen-bond donors (Lipinski definition) is 0. The van der Waals surface area contributed by atoms with Crippen LogP contribution in [0, 0.1) is 0 Å². The van der Waals surface area contributed by atoms with Crippen LogP contribution >= 0.6 is 0 Å². The summed E-state index contributed by atoms with van der Waals surface area (Å²) in [6.07, 6.45) is -4.49. The van der Waals surface area contributed by atoms with Gasteiger partial charge in [0.05, 0.1) is 17.0 Å². The molecule has 0 N–H and O–H groups in total. The monoisotopic (exact) mass is 318 g/mol. The molecule has 2 aromatic carbocycles. The molecule has 1 aliphatic rings. The number of carbonyl (C=O) groups is 1. The van der Waals surface area contributed by atoms with Gasteiger partial charge < -0.3 is 4.90 Å². The van der Waals surface area contributed by atoms with Crippen molar-refractivity contribution >= 4 is 17.3 Å². The van der Waals surface area contributed by atoms with E-state index in [0.29, 0.717) is 11.3 Å². The van der Waals surface area contributed by atoms with Crippen LogP contribution in [0.4, 0.5) is 18.9 Å². The predicted octanol–water partition coefficient (Wildman–Crippen LogP) is 3.52. The maximum absolute atomic E-state index is 13.3. The van der Waals surface area contributed by atoms with Crippen LogP contribution < -0.4 is 4.90 Å². The fraction of sp³-hybridized carbons (Fsp3) is 0.176. The number of fused-ring (bicyclic) bond motifs is 1. The van der Waals surface area contributed by atoms with E-state index in [-0.39, 0.29) is 23.7 Å². The van der Waals surface area contributed by atoms with Crippen molar-refractivity contribution in [3.8, 4) is 0 Å². The zero-order chi connectivity index (χ0) is 16.6. The number of aliphatic imine (C=N–C) groups is 1. The number of halogens is 3. The molecule has 0 spiro atoms. The second-order valence-electron chi connectivity index (χ2n) is 5.18. The lowest BCUT2D eigenvalue weighted by atomic mass is 9.96. The maximum atomic E-state index is 13.3. The van der Waals surface area contributed by atoms with Gasteiger partial charge in [0, 0.05) is 18.2 Å². The molecule has 0 unspecified atom stereocenters. The Kier molecular flexibility index (Phi) is 3.67. The van der Waals surface area contributed by atoms with E-state index in [9.17, 15) is 18.0 Å². The van der Waals surface area contributed by atoms with Crippen molar-refractivity contribution in [2.45, 2.75) is 6.18 Å². The smallest absolute Gasteiger partial charge is 0.313 e. The Hall–Kier alpha value is -2.63. The summed E-state index contributed by atoms with van der Waals surface area (Å²) >= 11 is 0. The molecule has 1 heterocycles. The van der Waals surface area contributed by atoms with Crippen molar-refractivity contribution in [1.29, 1.82) is 0 Å². The van der Waals surface area contributed by atoms with E-state index in [2.05, 4.69) is 4.99 Å². The Balaban J connectivity index is 2.25. The molecule has 0 aromatic heterocycles. The summed E-state index contributed by atoms with van der Waals surface area (Å²) < 4.78 is 39.9. The van der Waals surface area contributed by atoms with Crippen LogP contribution in [0.1, 0.15) is 16.7 Å². The van der Waals surface area contributed by atoms with Crippen LogP contribution in [0.2, 0.25) is 0 Å². The molecule has 2 aromatic rings. The van der Waals surface area contributed by atoms with Crippen molar-refractivity contribution in [1.82, 2.24) is 0 Å². The molecule has 118 valence electrons. The number of amides is 1. The molecule has 0 radical (unpaired) electrons. The predicted molar refractivity (Wildman–Crippen MR) is 81.8 cm³/mol. The van der Waals surface area contributed by atoms with Crippen LogP contribution in [0.3, 0.4) is 0 Å². The standard InChI is InChI=1S/C17H13F3N2O/c1-22-14-9-5-3-7-12(14)16(21-10-15(22)23)11-6-2-4-8-13(11)17(18,19)20/h2-9H,10H2,1H3. The van der Waals surface area contributed by atoms with E-state index in [1.165, 1.54) is 23.1 Å². The Morgan fingerprint density at radius 3 is 2.30 bits per heavy atom. The lowest BCUT2D eigenvalue weighted by Crippen LogP contribution is -2.27. The topological polar surface area (TPSA) is 32.7 Å². The van der Waals surface area contributed by atoms with Gasteiger partial charge in [-0.15, -0.1) is 0 Å². The van der Waals surface area contributed by atoms with Crippen LogP contribution in [0.15, 0.2) is 53.5 Å². The summed E-state index contributed by atoms with van der Waals surface area (Å²) in [7, 11) is 1.59. The normalized spacial score (nSPS) is 15.0.